The zero-order valence-electron chi connectivity index (χ0n) is 9.54. The number of nitrogens with two attached hydrogens (primary N) is 1. The first-order chi connectivity index (χ1) is 8.04. The van der Waals surface area contributed by atoms with Crippen LogP contribution in [-0.2, 0) is 0 Å². The molecule has 0 aliphatic heterocycles. The molecule has 3 N–H and O–H groups in total. The van der Waals surface area contributed by atoms with Crippen molar-refractivity contribution < 1.29 is 4.74 Å². The van der Waals surface area contributed by atoms with Gasteiger partial charge >= 0.3 is 0 Å². The van der Waals surface area contributed by atoms with Gasteiger partial charge in [-0.1, -0.05) is 34.8 Å². The Balaban J connectivity index is 0.00000289. The maximum absolute atomic E-state index is 5.94. The quantitative estimate of drug-likeness (QED) is 0.338. The van der Waals surface area contributed by atoms with Gasteiger partial charge in [0.15, 0.2) is 11.7 Å². The maximum Gasteiger partial charge on any atom is 0.188 e. The van der Waals surface area contributed by atoms with Gasteiger partial charge in [-0.15, -0.1) is 24.0 Å². The van der Waals surface area contributed by atoms with Crippen LogP contribution < -0.4 is 15.8 Å². The molecule has 0 saturated heterocycles. The first-order valence-electron chi connectivity index (χ1n) is 4.78. The summed E-state index contributed by atoms with van der Waals surface area (Å²) < 4.78 is 5.42. The molecule has 0 aliphatic carbocycles. The summed E-state index contributed by atoms with van der Waals surface area (Å²) in [5, 5.41) is 4.06. The van der Waals surface area contributed by atoms with E-state index in [0.717, 1.165) is 0 Å². The number of aliphatic imine (C=N–C) groups is 1. The number of hydrogen-bond donors (Lipinski definition) is 2. The average Bonchev–Trinajstić information content (AvgIpc) is 2.26. The molecule has 1 rings (SSSR count). The number of ether oxygens (including phenoxy) is 1. The summed E-state index contributed by atoms with van der Waals surface area (Å²) in [4.78, 5) is 3.74. The van der Waals surface area contributed by atoms with Crippen LogP contribution >= 0.6 is 58.8 Å². The number of guanidine groups is 1. The van der Waals surface area contributed by atoms with Crippen LogP contribution in [0.15, 0.2) is 17.1 Å². The highest BCUT2D eigenvalue weighted by molar-refractivity contribution is 14.0. The molecule has 18 heavy (non-hydrogen) atoms. The lowest BCUT2D eigenvalue weighted by Gasteiger charge is -2.11. The summed E-state index contributed by atoms with van der Waals surface area (Å²) in [6.45, 7) is 0.857. The highest BCUT2D eigenvalue weighted by atomic mass is 127. The topological polar surface area (TPSA) is 59.6 Å². The van der Waals surface area contributed by atoms with E-state index in [9.17, 15) is 0 Å². The monoisotopic (exact) mass is 423 g/mol. The van der Waals surface area contributed by atoms with Gasteiger partial charge in [0.1, 0.15) is 6.61 Å². The summed E-state index contributed by atoms with van der Waals surface area (Å²) in [7, 11) is 1.59. The van der Waals surface area contributed by atoms with Gasteiger partial charge in [0.25, 0.3) is 0 Å². The zero-order chi connectivity index (χ0) is 12.8. The van der Waals surface area contributed by atoms with Crippen molar-refractivity contribution in [1.82, 2.24) is 5.32 Å². The van der Waals surface area contributed by atoms with E-state index < -0.39 is 0 Å². The second kappa shape index (κ2) is 8.90. The number of benzene rings is 1. The lowest BCUT2D eigenvalue weighted by molar-refractivity contribution is 0.322. The Morgan fingerprint density at radius 3 is 2.39 bits per heavy atom. The lowest BCUT2D eigenvalue weighted by Crippen LogP contribution is -2.34. The molecule has 0 radical (unpaired) electrons. The van der Waals surface area contributed by atoms with Crippen LogP contribution in [0.25, 0.3) is 0 Å². The molecule has 1 aromatic rings. The van der Waals surface area contributed by atoms with Gasteiger partial charge in [0, 0.05) is 12.1 Å². The Kier molecular flexibility index (Phi) is 8.85. The van der Waals surface area contributed by atoms with Crippen LogP contribution in [0.2, 0.25) is 15.1 Å². The minimum absolute atomic E-state index is 0. The fourth-order valence-corrected chi connectivity index (χ4v) is 2.00. The molecule has 8 heteroatoms. The largest absolute Gasteiger partial charge is 0.489 e. The Labute approximate surface area is 138 Å². The normalized spacial score (nSPS) is 10.8. The van der Waals surface area contributed by atoms with Crippen molar-refractivity contribution >= 4 is 64.7 Å². The summed E-state index contributed by atoms with van der Waals surface area (Å²) in [5.41, 5.74) is 5.45. The van der Waals surface area contributed by atoms with E-state index in [1.807, 2.05) is 0 Å². The van der Waals surface area contributed by atoms with Crippen LogP contribution in [0.1, 0.15) is 0 Å². The molecule has 0 bridgehead atoms. The van der Waals surface area contributed by atoms with Crippen molar-refractivity contribution in [3.05, 3.63) is 27.2 Å². The summed E-state index contributed by atoms with van der Waals surface area (Å²) in [6, 6.07) is 3.14. The molecule has 0 spiro atoms. The number of nitrogens with one attached hydrogen (secondary N) is 1. The molecule has 0 amide bonds. The van der Waals surface area contributed by atoms with E-state index >= 15 is 0 Å². The van der Waals surface area contributed by atoms with E-state index in [1.165, 1.54) is 0 Å². The Morgan fingerprint density at radius 1 is 1.33 bits per heavy atom. The van der Waals surface area contributed by atoms with Crippen LogP contribution in [-0.4, -0.2) is 26.2 Å². The van der Waals surface area contributed by atoms with Crippen LogP contribution in [0, 0.1) is 0 Å². The van der Waals surface area contributed by atoms with Crippen molar-refractivity contribution in [2.75, 3.05) is 20.2 Å². The number of hydrogen-bond acceptors (Lipinski definition) is 2. The first-order valence-corrected chi connectivity index (χ1v) is 5.91. The zero-order valence-corrected chi connectivity index (χ0v) is 14.1. The lowest BCUT2D eigenvalue weighted by atomic mass is 10.3. The molecule has 0 aromatic heterocycles. The fourth-order valence-electron chi connectivity index (χ4n) is 1.08. The van der Waals surface area contributed by atoms with E-state index in [0.29, 0.717) is 39.9 Å². The SMILES string of the molecule is CN=C(N)NCCOc1c(Cl)cc(Cl)cc1Cl.I. The molecule has 0 fully saturated rings. The minimum Gasteiger partial charge on any atom is -0.489 e. The molecule has 0 saturated carbocycles. The van der Waals surface area contributed by atoms with E-state index in [-0.39, 0.29) is 24.0 Å². The second-order valence-electron chi connectivity index (χ2n) is 3.08. The fraction of sp³-hybridized carbons (Fsp3) is 0.300. The Hall–Kier alpha value is -0.110. The third-order valence-corrected chi connectivity index (χ3v) is 2.64. The summed E-state index contributed by atoms with van der Waals surface area (Å²) >= 11 is 17.7. The number of rotatable bonds is 4. The molecular formula is C10H13Cl3IN3O. The smallest absolute Gasteiger partial charge is 0.188 e. The van der Waals surface area contributed by atoms with Crippen molar-refractivity contribution in [3.63, 3.8) is 0 Å². The van der Waals surface area contributed by atoms with Gasteiger partial charge in [-0.2, -0.15) is 0 Å². The third kappa shape index (κ3) is 5.69. The van der Waals surface area contributed by atoms with Crippen LogP contribution in [0.3, 0.4) is 0 Å². The molecule has 1 aromatic carbocycles. The molecule has 102 valence electrons. The third-order valence-electron chi connectivity index (χ3n) is 1.86. The first kappa shape index (κ1) is 17.9. The van der Waals surface area contributed by atoms with Crippen molar-refractivity contribution in [3.8, 4) is 5.75 Å². The number of halogens is 4. The van der Waals surface area contributed by atoms with E-state index in [4.69, 9.17) is 45.3 Å². The molecule has 4 nitrogen and oxygen atoms in total. The highest BCUT2D eigenvalue weighted by Gasteiger charge is 2.08. The van der Waals surface area contributed by atoms with Gasteiger partial charge in [-0.3, -0.25) is 4.99 Å². The predicted molar refractivity (Wildman–Crippen MR) is 87.9 cm³/mol. The minimum atomic E-state index is 0. The maximum atomic E-state index is 5.94. The van der Waals surface area contributed by atoms with Gasteiger partial charge in [0.05, 0.1) is 16.6 Å². The van der Waals surface area contributed by atoms with Gasteiger partial charge in [0.2, 0.25) is 0 Å². The molecule has 0 unspecified atom stereocenters. The van der Waals surface area contributed by atoms with Crippen molar-refractivity contribution in [2.24, 2.45) is 10.7 Å². The van der Waals surface area contributed by atoms with Gasteiger partial charge < -0.3 is 15.8 Å². The molecular weight excluding hydrogens is 411 g/mol. The standard InChI is InChI=1S/C10H12Cl3N3O.HI/c1-15-10(14)16-2-3-17-9-7(12)4-6(11)5-8(9)13;/h4-5H,2-3H2,1H3,(H3,14,15,16);1H. The predicted octanol–water partition coefficient (Wildman–Crippen LogP) is 3.18. The molecule has 0 aliphatic rings. The van der Waals surface area contributed by atoms with Gasteiger partial charge in [-0.05, 0) is 12.1 Å². The average molecular weight is 424 g/mol. The van der Waals surface area contributed by atoms with Crippen LogP contribution in [0.5, 0.6) is 5.75 Å². The van der Waals surface area contributed by atoms with Crippen molar-refractivity contribution in [2.45, 2.75) is 0 Å². The van der Waals surface area contributed by atoms with E-state index in [1.54, 1.807) is 19.2 Å². The number of nitrogens with zero attached hydrogens (tertiary/aromatic N) is 1. The van der Waals surface area contributed by atoms with Gasteiger partial charge in [-0.25, -0.2) is 0 Å². The molecule has 0 atom stereocenters. The highest BCUT2D eigenvalue weighted by Crippen LogP contribution is 2.35. The summed E-state index contributed by atoms with van der Waals surface area (Å²) in [6.07, 6.45) is 0. The molecule has 0 heterocycles. The van der Waals surface area contributed by atoms with E-state index in [2.05, 4.69) is 10.3 Å². The Bertz CT molecular complexity index is 406. The second-order valence-corrected chi connectivity index (χ2v) is 4.33. The van der Waals surface area contributed by atoms with Crippen LogP contribution in [0.4, 0.5) is 0 Å². The Morgan fingerprint density at radius 2 is 1.89 bits per heavy atom. The van der Waals surface area contributed by atoms with Crippen molar-refractivity contribution in [1.29, 1.82) is 0 Å². The summed E-state index contributed by atoms with van der Waals surface area (Å²) in [5.74, 6) is 0.758.